The maximum atomic E-state index is 11.8. The minimum atomic E-state index is -0.963. The average molecular weight is 297 g/mol. The monoisotopic (exact) mass is 297 g/mol. The first-order valence-corrected chi connectivity index (χ1v) is 6.15. The van der Waals surface area contributed by atoms with Crippen molar-refractivity contribution in [1.29, 1.82) is 0 Å². The number of aromatic amines is 1. The molecule has 1 fully saturated rings. The highest BCUT2D eigenvalue weighted by Crippen LogP contribution is 2.27. The van der Waals surface area contributed by atoms with Crippen molar-refractivity contribution in [1.82, 2.24) is 9.55 Å². The predicted octanol–water partition coefficient (Wildman–Crippen LogP) is -1.56. The van der Waals surface area contributed by atoms with Crippen LogP contribution in [0.3, 0.4) is 0 Å². The molecule has 0 bridgehead atoms. The Morgan fingerprint density at radius 2 is 2.38 bits per heavy atom. The number of hydrogen-bond donors (Lipinski definition) is 3. The largest absolute Gasteiger partial charge is 0.499 e. The Labute approximate surface area is 118 Å². The number of ether oxygens (including phenoxy) is 2. The smallest absolute Gasteiger partial charge is 0.330 e. The van der Waals surface area contributed by atoms with Gasteiger partial charge in [-0.3, -0.25) is 19.1 Å². The quantitative estimate of drug-likeness (QED) is 0.562. The van der Waals surface area contributed by atoms with Crippen molar-refractivity contribution < 1.29 is 19.4 Å². The third-order valence-electron chi connectivity index (χ3n) is 3.13. The zero-order valence-corrected chi connectivity index (χ0v) is 11.0. The van der Waals surface area contributed by atoms with Gasteiger partial charge in [0.2, 0.25) is 0 Å². The normalized spacial score (nSPS) is 24.7. The first-order chi connectivity index (χ1) is 9.93. The highest BCUT2D eigenvalue weighted by atomic mass is 16.6. The number of rotatable bonds is 5. The number of primary amides is 1. The molecular formula is C12H15N3O6. The van der Waals surface area contributed by atoms with Crippen molar-refractivity contribution in [3.63, 3.8) is 0 Å². The predicted molar refractivity (Wildman–Crippen MR) is 70.5 cm³/mol. The third kappa shape index (κ3) is 3.03. The van der Waals surface area contributed by atoms with E-state index in [0.717, 1.165) is 10.8 Å². The summed E-state index contributed by atoms with van der Waals surface area (Å²) in [6.07, 6.45) is 0.00352. The number of nitrogens with zero attached hydrogens (tertiary/aromatic N) is 1. The Morgan fingerprint density at radius 1 is 1.67 bits per heavy atom. The molecule has 9 nitrogen and oxygen atoms in total. The summed E-state index contributed by atoms with van der Waals surface area (Å²) >= 11 is 0. The average Bonchev–Trinajstić information content (AvgIpc) is 2.77. The van der Waals surface area contributed by atoms with Gasteiger partial charge in [-0.15, -0.1) is 0 Å². The molecule has 21 heavy (non-hydrogen) atoms. The molecule has 9 heteroatoms. The van der Waals surface area contributed by atoms with Crippen LogP contribution in [0, 0.1) is 0 Å². The van der Waals surface area contributed by atoms with Gasteiger partial charge in [0.1, 0.15) is 24.5 Å². The van der Waals surface area contributed by atoms with Crippen molar-refractivity contribution in [2.45, 2.75) is 24.9 Å². The lowest BCUT2D eigenvalue weighted by atomic mass is 10.2. The lowest BCUT2D eigenvalue weighted by Crippen LogP contribution is -2.37. The molecule has 0 saturated carbocycles. The van der Waals surface area contributed by atoms with E-state index < -0.39 is 35.6 Å². The highest BCUT2D eigenvalue weighted by Gasteiger charge is 2.36. The van der Waals surface area contributed by atoms with E-state index in [1.165, 1.54) is 6.26 Å². The minimum Gasteiger partial charge on any atom is -0.499 e. The molecule has 0 spiro atoms. The summed E-state index contributed by atoms with van der Waals surface area (Å²) in [7, 11) is 0. The summed E-state index contributed by atoms with van der Waals surface area (Å²) in [4.78, 5) is 36.3. The fourth-order valence-corrected chi connectivity index (χ4v) is 2.07. The number of aromatic nitrogens is 2. The molecule has 2 rings (SSSR count). The van der Waals surface area contributed by atoms with E-state index in [-0.39, 0.29) is 18.6 Å². The van der Waals surface area contributed by atoms with Crippen molar-refractivity contribution in [2.24, 2.45) is 5.73 Å². The van der Waals surface area contributed by atoms with E-state index in [1.807, 2.05) is 4.98 Å². The van der Waals surface area contributed by atoms with Gasteiger partial charge in [-0.25, -0.2) is 4.79 Å². The summed E-state index contributed by atoms with van der Waals surface area (Å²) in [5, 5.41) is 9.85. The maximum Gasteiger partial charge on any atom is 0.330 e. The number of nitrogens with two attached hydrogens (primary N) is 1. The van der Waals surface area contributed by atoms with Crippen LogP contribution in [0.2, 0.25) is 0 Å². The Balaban J connectivity index is 2.29. The Hall–Kier alpha value is -2.39. The molecule has 1 amide bonds. The number of carbonyl (C=O) groups is 1. The molecule has 4 N–H and O–H groups in total. The second-order valence-electron chi connectivity index (χ2n) is 4.51. The molecule has 1 aliphatic heterocycles. The van der Waals surface area contributed by atoms with Gasteiger partial charge < -0.3 is 20.3 Å². The van der Waals surface area contributed by atoms with Gasteiger partial charge >= 0.3 is 5.69 Å². The molecule has 1 aromatic heterocycles. The van der Waals surface area contributed by atoms with Gasteiger partial charge in [0.25, 0.3) is 11.5 Å². The first-order valence-electron chi connectivity index (χ1n) is 6.15. The van der Waals surface area contributed by atoms with E-state index in [2.05, 4.69) is 6.58 Å². The fourth-order valence-electron chi connectivity index (χ4n) is 2.07. The minimum absolute atomic E-state index is 0.0714. The van der Waals surface area contributed by atoms with E-state index in [9.17, 15) is 19.5 Å². The van der Waals surface area contributed by atoms with E-state index in [1.54, 1.807) is 0 Å². The molecule has 2 heterocycles. The number of aliphatic hydroxyl groups is 1. The number of nitrogens with one attached hydrogen (secondary N) is 1. The number of amides is 1. The first kappa shape index (κ1) is 15.0. The highest BCUT2D eigenvalue weighted by molar-refractivity contribution is 5.91. The van der Waals surface area contributed by atoms with E-state index in [0.29, 0.717) is 0 Å². The van der Waals surface area contributed by atoms with Crippen molar-refractivity contribution in [3.8, 4) is 0 Å². The molecular weight excluding hydrogens is 282 g/mol. The molecule has 0 aromatic carbocycles. The summed E-state index contributed by atoms with van der Waals surface area (Å²) in [5.41, 5.74) is 3.07. The lowest BCUT2D eigenvalue weighted by molar-refractivity contribution is -0.0484. The zero-order valence-electron chi connectivity index (χ0n) is 11.0. The summed E-state index contributed by atoms with van der Waals surface area (Å²) in [6.45, 7) is 3.44. The topological polar surface area (TPSA) is 137 Å². The van der Waals surface area contributed by atoms with Gasteiger partial charge in [0.05, 0.1) is 12.4 Å². The number of hydrogen-bond acceptors (Lipinski definition) is 6. The van der Waals surface area contributed by atoms with Gasteiger partial charge in [0.15, 0.2) is 0 Å². The van der Waals surface area contributed by atoms with Crippen LogP contribution >= 0.6 is 0 Å². The molecule has 3 atom stereocenters. The van der Waals surface area contributed by atoms with E-state index >= 15 is 0 Å². The molecule has 114 valence electrons. The van der Waals surface area contributed by atoms with Crippen LogP contribution in [0.15, 0.2) is 28.6 Å². The number of carbonyl (C=O) groups excluding carboxylic acids is 1. The standard InChI is InChI=1S/C12H15N3O6/c1-2-20-5-8-7(16)3-9(21-8)15-4-6(10(13)17)11(18)14-12(15)19/h2,4,7-9,16H,1,3,5H2,(H2,13,17)(H,14,18,19)/t7-,8+,9+/m0/s1. The summed E-state index contributed by atoms with van der Waals surface area (Å²) in [6, 6.07) is 0. The van der Waals surface area contributed by atoms with Gasteiger partial charge in [-0.05, 0) is 0 Å². The second kappa shape index (κ2) is 5.94. The lowest BCUT2D eigenvalue weighted by Gasteiger charge is -2.15. The van der Waals surface area contributed by atoms with Crippen molar-refractivity contribution in [3.05, 3.63) is 45.4 Å². The van der Waals surface area contributed by atoms with Crippen LogP contribution in [0.5, 0.6) is 0 Å². The van der Waals surface area contributed by atoms with Gasteiger partial charge in [0, 0.05) is 12.6 Å². The summed E-state index contributed by atoms with van der Waals surface area (Å²) in [5.74, 6) is -0.963. The molecule has 0 radical (unpaired) electrons. The van der Waals surface area contributed by atoms with Crippen LogP contribution in [-0.4, -0.2) is 39.4 Å². The Kier molecular flexibility index (Phi) is 4.24. The third-order valence-corrected chi connectivity index (χ3v) is 3.13. The molecule has 1 aliphatic rings. The summed E-state index contributed by atoms with van der Waals surface area (Å²) < 4.78 is 11.4. The second-order valence-corrected chi connectivity index (χ2v) is 4.51. The maximum absolute atomic E-state index is 11.8. The van der Waals surface area contributed by atoms with Crippen LogP contribution in [-0.2, 0) is 9.47 Å². The van der Waals surface area contributed by atoms with Crippen LogP contribution in [0.4, 0.5) is 0 Å². The molecule has 1 saturated heterocycles. The van der Waals surface area contributed by atoms with Crippen LogP contribution in [0.25, 0.3) is 0 Å². The van der Waals surface area contributed by atoms with Gasteiger partial charge in [-0.1, -0.05) is 6.58 Å². The van der Waals surface area contributed by atoms with Crippen molar-refractivity contribution in [2.75, 3.05) is 6.61 Å². The Bertz CT molecular complexity index is 664. The van der Waals surface area contributed by atoms with Crippen LogP contribution < -0.4 is 17.0 Å². The van der Waals surface area contributed by atoms with Gasteiger partial charge in [-0.2, -0.15) is 0 Å². The van der Waals surface area contributed by atoms with Crippen LogP contribution in [0.1, 0.15) is 23.0 Å². The number of aliphatic hydroxyl groups excluding tert-OH is 1. The molecule has 1 aromatic rings. The molecule has 0 unspecified atom stereocenters. The Morgan fingerprint density at radius 3 is 3.00 bits per heavy atom. The van der Waals surface area contributed by atoms with E-state index in [4.69, 9.17) is 15.2 Å². The SMILES string of the molecule is C=COC[C@H]1O[C@@H](n2cc(C(N)=O)c(=O)[nH]c2=O)C[C@@H]1O. The zero-order chi connectivity index (χ0) is 15.6. The van der Waals surface area contributed by atoms with Crippen molar-refractivity contribution >= 4 is 5.91 Å². The number of H-pyrrole nitrogens is 1. The fraction of sp³-hybridized carbons (Fsp3) is 0.417. The molecule has 0 aliphatic carbocycles.